The van der Waals surface area contributed by atoms with Crippen LogP contribution in [0.15, 0.2) is 4.52 Å². The minimum Gasteiger partial charge on any atom is -0.383 e. The minimum atomic E-state index is -0.549. The lowest BCUT2D eigenvalue weighted by Gasteiger charge is -2.17. The molecule has 0 saturated carbocycles. The lowest BCUT2D eigenvalue weighted by atomic mass is 10.1. The van der Waals surface area contributed by atoms with Gasteiger partial charge in [-0.2, -0.15) is 4.98 Å². The van der Waals surface area contributed by atoms with Gasteiger partial charge in [0, 0.05) is 26.7 Å². The fourth-order valence-corrected chi connectivity index (χ4v) is 1.17. The Morgan fingerprint density at radius 2 is 2.12 bits per heavy atom. The Labute approximate surface area is 95.1 Å². The molecule has 0 radical (unpaired) electrons. The Bertz CT molecular complexity index is 325. The number of aromatic nitrogens is 2. The van der Waals surface area contributed by atoms with Crippen molar-refractivity contribution in [3.05, 3.63) is 11.7 Å². The molecule has 0 aromatic carbocycles. The van der Waals surface area contributed by atoms with Crippen molar-refractivity contribution in [1.29, 1.82) is 0 Å². The van der Waals surface area contributed by atoms with Gasteiger partial charge in [-0.15, -0.1) is 0 Å². The van der Waals surface area contributed by atoms with E-state index in [9.17, 15) is 0 Å². The molecular formula is C10H19N3O3. The molecule has 1 atom stereocenters. The summed E-state index contributed by atoms with van der Waals surface area (Å²) < 4.78 is 15.3. The van der Waals surface area contributed by atoms with E-state index in [1.54, 1.807) is 14.2 Å². The SMILES string of the molecule is COCC(N)Cc1nc(C(C)(C)OC)no1. The van der Waals surface area contributed by atoms with Gasteiger partial charge in [-0.1, -0.05) is 5.16 Å². The van der Waals surface area contributed by atoms with E-state index in [2.05, 4.69) is 10.1 Å². The van der Waals surface area contributed by atoms with Crippen molar-refractivity contribution in [2.24, 2.45) is 5.73 Å². The van der Waals surface area contributed by atoms with Gasteiger partial charge in [-0.05, 0) is 13.8 Å². The van der Waals surface area contributed by atoms with Gasteiger partial charge in [0.1, 0.15) is 5.60 Å². The fraction of sp³-hybridized carbons (Fsp3) is 0.800. The summed E-state index contributed by atoms with van der Waals surface area (Å²) in [4.78, 5) is 4.24. The summed E-state index contributed by atoms with van der Waals surface area (Å²) in [5.41, 5.74) is 5.23. The van der Waals surface area contributed by atoms with Gasteiger partial charge in [0.2, 0.25) is 11.7 Å². The molecule has 0 aliphatic rings. The van der Waals surface area contributed by atoms with Crippen molar-refractivity contribution in [1.82, 2.24) is 10.1 Å². The van der Waals surface area contributed by atoms with Crippen molar-refractivity contribution < 1.29 is 14.0 Å². The van der Waals surface area contributed by atoms with Crippen LogP contribution in [0.5, 0.6) is 0 Å². The molecule has 1 rings (SSSR count). The molecule has 0 fully saturated rings. The first-order chi connectivity index (χ1) is 7.49. The molecule has 1 unspecified atom stereocenters. The molecule has 1 heterocycles. The highest BCUT2D eigenvalue weighted by Gasteiger charge is 2.26. The number of methoxy groups -OCH3 is 2. The zero-order valence-electron chi connectivity index (χ0n) is 10.2. The average Bonchev–Trinajstić information content (AvgIpc) is 2.67. The quantitative estimate of drug-likeness (QED) is 0.763. The van der Waals surface area contributed by atoms with Gasteiger partial charge in [-0.25, -0.2) is 0 Å². The lowest BCUT2D eigenvalue weighted by Crippen LogP contribution is -2.28. The van der Waals surface area contributed by atoms with Crippen LogP contribution in [0.2, 0.25) is 0 Å². The van der Waals surface area contributed by atoms with Gasteiger partial charge in [0.25, 0.3) is 0 Å². The highest BCUT2D eigenvalue weighted by Crippen LogP contribution is 2.20. The van der Waals surface area contributed by atoms with Crippen molar-refractivity contribution >= 4 is 0 Å². The Morgan fingerprint density at radius 1 is 1.44 bits per heavy atom. The van der Waals surface area contributed by atoms with Crippen LogP contribution < -0.4 is 5.73 Å². The molecule has 1 aromatic rings. The molecular weight excluding hydrogens is 210 g/mol. The van der Waals surface area contributed by atoms with Crippen molar-refractivity contribution in [2.75, 3.05) is 20.8 Å². The number of nitrogens with zero attached hydrogens (tertiary/aromatic N) is 2. The summed E-state index contributed by atoms with van der Waals surface area (Å²) >= 11 is 0. The van der Waals surface area contributed by atoms with Gasteiger partial charge in [0.05, 0.1) is 6.61 Å². The van der Waals surface area contributed by atoms with Crippen molar-refractivity contribution in [2.45, 2.75) is 31.9 Å². The van der Waals surface area contributed by atoms with Crippen LogP contribution in [0.1, 0.15) is 25.6 Å². The van der Waals surface area contributed by atoms with Crippen molar-refractivity contribution in [3.8, 4) is 0 Å². The number of hydrogen-bond acceptors (Lipinski definition) is 6. The van der Waals surface area contributed by atoms with E-state index in [4.69, 9.17) is 19.7 Å². The van der Waals surface area contributed by atoms with E-state index in [1.807, 2.05) is 13.8 Å². The first-order valence-electron chi connectivity index (χ1n) is 5.12. The molecule has 6 heteroatoms. The van der Waals surface area contributed by atoms with Crippen LogP contribution in [0.25, 0.3) is 0 Å². The van der Waals surface area contributed by atoms with Crippen LogP contribution in [-0.2, 0) is 21.5 Å². The molecule has 0 saturated heterocycles. The highest BCUT2D eigenvalue weighted by molar-refractivity contribution is 4.98. The summed E-state index contributed by atoms with van der Waals surface area (Å²) in [6, 6.07) is -0.135. The molecule has 2 N–H and O–H groups in total. The van der Waals surface area contributed by atoms with Crippen LogP contribution in [-0.4, -0.2) is 37.0 Å². The number of nitrogens with two attached hydrogens (primary N) is 1. The van der Waals surface area contributed by atoms with Crippen LogP contribution >= 0.6 is 0 Å². The predicted octanol–water partition coefficient (Wildman–Crippen LogP) is 0.467. The molecule has 6 nitrogen and oxygen atoms in total. The standard InChI is InChI=1S/C10H19N3O3/c1-10(2,15-4)9-12-8(16-13-9)5-7(11)6-14-3/h7H,5-6,11H2,1-4H3. The lowest BCUT2D eigenvalue weighted by molar-refractivity contribution is 0.00973. The maximum absolute atomic E-state index is 5.78. The number of hydrogen-bond donors (Lipinski definition) is 1. The van der Waals surface area contributed by atoms with E-state index in [1.165, 1.54) is 0 Å². The predicted molar refractivity (Wildman–Crippen MR) is 57.9 cm³/mol. The first-order valence-corrected chi connectivity index (χ1v) is 5.12. The van der Waals surface area contributed by atoms with Crippen LogP contribution in [0, 0.1) is 0 Å². The van der Waals surface area contributed by atoms with E-state index < -0.39 is 5.60 Å². The maximum atomic E-state index is 5.78. The second kappa shape index (κ2) is 5.38. The Kier molecular flexibility index (Phi) is 4.40. The van der Waals surface area contributed by atoms with Gasteiger partial charge < -0.3 is 19.7 Å². The fourth-order valence-electron chi connectivity index (χ4n) is 1.17. The summed E-state index contributed by atoms with van der Waals surface area (Å²) in [5.74, 6) is 1.03. The second-order valence-corrected chi connectivity index (χ2v) is 4.15. The largest absolute Gasteiger partial charge is 0.383 e. The van der Waals surface area contributed by atoms with Gasteiger partial charge >= 0.3 is 0 Å². The third-order valence-electron chi connectivity index (χ3n) is 2.33. The van der Waals surface area contributed by atoms with Gasteiger partial charge in [-0.3, -0.25) is 0 Å². The second-order valence-electron chi connectivity index (χ2n) is 4.15. The summed E-state index contributed by atoms with van der Waals surface area (Å²) in [6.45, 7) is 4.21. The first kappa shape index (κ1) is 13.1. The molecule has 0 aliphatic carbocycles. The molecule has 16 heavy (non-hydrogen) atoms. The molecule has 0 spiro atoms. The molecule has 92 valence electrons. The number of ether oxygens (including phenoxy) is 2. The van der Waals surface area contributed by atoms with Crippen molar-refractivity contribution in [3.63, 3.8) is 0 Å². The Morgan fingerprint density at radius 3 is 2.69 bits per heavy atom. The Balaban J connectivity index is 2.65. The average molecular weight is 229 g/mol. The normalized spacial score (nSPS) is 14.1. The summed E-state index contributed by atoms with van der Waals surface area (Å²) in [6.07, 6.45) is 0.501. The van der Waals surface area contributed by atoms with E-state index in [0.717, 1.165) is 0 Å². The third-order valence-corrected chi connectivity index (χ3v) is 2.33. The van der Waals surface area contributed by atoms with E-state index >= 15 is 0 Å². The minimum absolute atomic E-state index is 0.135. The maximum Gasteiger partial charge on any atom is 0.228 e. The molecule has 0 amide bonds. The smallest absolute Gasteiger partial charge is 0.228 e. The summed E-state index contributed by atoms with van der Waals surface area (Å²) in [7, 11) is 3.21. The monoisotopic (exact) mass is 229 g/mol. The zero-order valence-corrected chi connectivity index (χ0v) is 10.2. The van der Waals surface area contributed by atoms with Gasteiger partial charge in [0.15, 0.2) is 0 Å². The molecule has 0 bridgehead atoms. The topological polar surface area (TPSA) is 83.4 Å². The third kappa shape index (κ3) is 3.26. The molecule has 1 aromatic heterocycles. The van der Waals surface area contributed by atoms with Crippen LogP contribution in [0.4, 0.5) is 0 Å². The Hall–Kier alpha value is -0.980. The van der Waals surface area contributed by atoms with E-state index in [-0.39, 0.29) is 6.04 Å². The van der Waals surface area contributed by atoms with E-state index in [0.29, 0.717) is 24.7 Å². The summed E-state index contributed by atoms with van der Waals surface area (Å²) in [5, 5.41) is 3.86. The zero-order chi connectivity index (χ0) is 12.2. The molecule has 0 aliphatic heterocycles. The van der Waals surface area contributed by atoms with Crippen LogP contribution in [0.3, 0.4) is 0 Å². The number of rotatable bonds is 6. The highest BCUT2D eigenvalue weighted by atomic mass is 16.5.